The molecule has 0 aliphatic rings. The molecular formula is C49H90O5. The Morgan fingerprint density at radius 3 is 1.11 bits per heavy atom. The first-order valence-electron chi connectivity index (χ1n) is 23.5. The molecule has 5 nitrogen and oxygen atoms in total. The third-order valence-corrected chi connectivity index (χ3v) is 10.4. The van der Waals surface area contributed by atoms with E-state index in [0.29, 0.717) is 12.8 Å². The largest absolute Gasteiger partial charge is 0.462 e. The lowest BCUT2D eigenvalue weighted by Gasteiger charge is -2.15. The zero-order valence-corrected chi connectivity index (χ0v) is 36.0. The third kappa shape index (κ3) is 42.9. The summed E-state index contributed by atoms with van der Waals surface area (Å²) in [6.45, 7) is 4.12. The van der Waals surface area contributed by atoms with Crippen molar-refractivity contribution in [3.8, 4) is 0 Å². The molecule has 0 fully saturated rings. The molecule has 0 aromatic heterocycles. The van der Waals surface area contributed by atoms with Crippen LogP contribution >= 0.6 is 0 Å². The summed E-state index contributed by atoms with van der Waals surface area (Å²) in [6.07, 6.45) is 56.8. The summed E-state index contributed by atoms with van der Waals surface area (Å²) in [7, 11) is 0. The number of aliphatic hydroxyl groups excluding tert-OH is 1. The molecule has 0 spiro atoms. The van der Waals surface area contributed by atoms with Gasteiger partial charge in [0.05, 0.1) is 6.61 Å². The van der Waals surface area contributed by atoms with E-state index in [9.17, 15) is 14.7 Å². The number of rotatable bonds is 43. The van der Waals surface area contributed by atoms with Crippen molar-refractivity contribution in [3.63, 3.8) is 0 Å². The Bertz CT molecular complexity index is 862. The van der Waals surface area contributed by atoms with Gasteiger partial charge in [-0.3, -0.25) is 9.59 Å². The third-order valence-electron chi connectivity index (χ3n) is 10.4. The minimum Gasteiger partial charge on any atom is -0.462 e. The molecule has 0 aliphatic heterocycles. The fraction of sp³-hybridized carbons (Fsp3) is 0.837. The monoisotopic (exact) mass is 759 g/mol. The van der Waals surface area contributed by atoms with Gasteiger partial charge in [-0.2, -0.15) is 0 Å². The van der Waals surface area contributed by atoms with Crippen molar-refractivity contribution in [1.82, 2.24) is 0 Å². The van der Waals surface area contributed by atoms with Crippen LogP contribution in [0.2, 0.25) is 0 Å². The van der Waals surface area contributed by atoms with E-state index in [0.717, 1.165) is 51.4 Å². The van der Waals surface area contributed by atoms with Crippen LogP contribution in [0, 0.1) is 0 Å². The van der Waals surface area contributed by atoms with Crippen LogP contribution < -0.4 is 0 Å². The van der Waals surface area contributed by atoms with Gasteiger partial charge in [0.1, 0.15) is 6.61 Å². The van der Waals surface area contributed by atoms with Crippen LogP contribution in [0.4, 0.5) is 0 Å². The lowest BCUT2D eigenvalue weighted by atomic mass is 10.0. The quantitative estimate of drug-likeness (QED) is 0.0381. The SMILES string of the molecule is CCCCCCC/C=C\C/C=C\C/C=C\CCCCCCCCCCCCCCCCCCC(=O)OC(CO)COC(=O)CCCCCCCCCCC. The molecule has 316 valence electrons. The van der Waals surface area contributed by atoms with Gasteiger partial charge in [0, 0.05) is 12.8 Å². The standard InChI is InChI=1S/C49H90O5/c1-3-5-7-9-11-13-14-15-16-17-18-19-20-21-22-23-24-25-26-27-28-29-30-31-32-33-34-36-38-40-42-44-49(52)54-47(45-50)46-53-48(51)43-41-39-37-35-12-10-8-6-4-2/h14-15,17-18,20-21,47,50H,3-13,16,19,22-46H2,1-2H3/b15-14-,18-17-,21-20-. The summed E-state index contributed by atoms with van der Waals surface area (Å²) < 4.78 is 10.6. The van der Waals surface area contributed by atoms with Gasteiger partial charge in [0.2, 0.25) is 0 Å². The Balaban J connectivity index is 3.43. The number of carbonyl (C=O) groups excluding carboxylic acids is 2. The van der Waals surface area contributed by atoms with Gasteiger partial charge in [-0.25, -0.2) is 0 Å². The van der Waals surface area contributed by atoms with Crippen molar-refractivity contribution in [2.45, 2.75) is 251 Å². The molecule has 1 N–H and O–H groups in total. The minimum absolute atomic E-state index is 0.0618. The van der Waals surface area contributed by atoms with E-state index in [1.165, 1.54) is 167 Å². The van der Waals surface area contributed by atoms with Gasteiger partial charge < -0.3 is 14.6 Å². The second kappa shape index (κ2) is 45.5. The van der Waals surface area contributed by atoms with Crippen molar-refractivity contribution in [1.29, 1.82) is 0 Å². The lowest BCUT2D eigenvalue weighted by Crippen LogP contribution is -2.28. The zero-order valence-electron chi connectivity index (χ0n) is 36.0. The fourth-order valence-corrected chi connectivity index (χ4v) is 6.86. The van der Waals surface area contributed by atoms with E-state index in [-0.39, 0.29) is 25.2 Å². The van der Waals surface area contributed by atoms with E-state index >= 15 is 0 Å². The van der Waals surface area contributed by atoms with Gasteiger partial charge in [0.15, 0.2) is 6.10 Å². The normalized spacial score (nSPS) is 12.4. The zero-order chi connectivity index (χ0) is 39.3. The fourth-order valence-electron chi connectivity index (χ4n) is 6.86. The Labute approximate surface area is 336 Å². The van der Waals surface area contributed by atoms with Crippen LogP contribution in [0.3, 0.4) is 0 Å². The van der Waals surface area contributed by atoms with Crippen LogP contribution in [-0.2, 0) is 19.1 Å². The van der Waals surface area contributed by atoms with Crippen LogP contribution in [0.15, 0.2) is 36.5 Å². The highest BCUT2D eigenvalue weighted by Gasteiger charge is 2.16. The Morgan fingerprint density at radius 2 is 0.741 bits per heavy atom. The Kier molecular flexibility index (Phi) is 43.9. The number of carbonyl (C=O) groups is 2. The maximum Gasteiger partial charge on any atom is 0.306 e. The number of unbranched alkanes of at least 4 members (excludes halogenated alkanes) is 29. The molecule has 54 heavy (non-hydrogen) atoms. The van der Waals surface area contributed by atoms with E-state index in [1.54, 1.807) is 0 Å². The molecule has 1 unspecified atom stereocenters. The Hall–Kier alpha value is -1.88. The number of hydrogen-bond acceptors (Lipinski definition) is 5. The first-order chi connectivity index (χ1) is 26.6. The summed E-state index contributed by atoms with van der Waals surface area (Å²) in [6, 6.07) is 0. The number of aliphatic hydroxyl groups is 1. The molecule has 0 aliphatic carbocycles. The first-order valence-corrected chi connectivity index (χ1v) is 23.5. The van der Waals surface area contributed by atoms with Gasteiger partial charge in [0.25, 0.3) is 0 Å². The van der Waals surface area contributed by atoms with E-state index in [1.807, 2.05) is 0 Å². The molecule has 0 rings (SSSR count). The average Bonchev–Trinajstić information content (AvgIpc) is 3.17. The lowest BCUT2D eigenvalue weighted by molar-refractivity contribution is -0.161. The molecule has 0 saturated carbocycles. The van der Waals surface area contributed by atoms with Crippen LogP contribution in [0.25, 0.3) is 0 Å². The van der Waals surface area contributed by atoms with Crippen molar-refractivity contribution in [2.75, 3.05) is 13.2 Å². The second-order valence-electron chi connectivity index (χ2n) is 15.8. The predicted molar refractivity (Wildman–Crippen MR) is 233 cm³/mol. The molecule has 5 heteroatoms. The number of ether oxygens (including phenoxy) is 2. The predicted octanol–water partition coefficient (Wildman–Crippen LogP) is 15.2. The van der Waals surface area contributed by atoms with Crippen molar-refractivity contribution in [3.05, 3.63) is 36.5 Å². The molecule has 0 saturated heterocycles. The molecule has 0 heterocycles. The summed E-state index contributed by atoms with van der Waals surface area (Å²) in [5, 5.41) is 9.55. The maximum atomic E-state index is 12.2. The van der Waals surface area contributed by atoms with Gasteiger partial charge in [-0.15, -0.1) is 0 Å². The van der Waals surface area contributed by atoms with Crippen molar-refractivity contribution in [2.24, 2.45) is 0 Å². The summed E-state index contributed by atoms with van der Waals surface area (Å²) in [5.74, 6) is -0.585. The highest BCUT2D eigenvalue weighted by molar-refractivity contribution is 5.70. The highest BCUT2D eigenvalue weighted by Crippen LogP contribution is 2.15. The van der Waals surface area contributed by atoms with E-state index < -0.39 is 6.10 Å². The molecule has 0 radical (unpaired) electrons. The molecule has 0 aromatic rings. The maximum absolute atomic E-state index is 12.2. The van der Waals surface area contributed by atoms with Gasteiger partial charge in [-0.1, -0.05) is 217 Å². The van der Waals surface area contributed by atoms with E-state index in [4.69, 9.17) is 9.47 Å². The topological polar surface area (TPSA) is 72.8 Å². The highest BCUT2D eigenvalue weighted by atomic mass is 16.6. The van der Waals surface area contributed by atoms with Gasteiger partial charge >= 0.3 is 11.9 Å². The van der Waals surface area contributed by atoms with Crippen molar-refractivity contribution < 1.29 is 24.2 Å². The minimum atomic E-state index is -0.766. The smallest absolute Gasteiger partial charge is 0.306 e. The number of hydrogen-bond donors (Lipinski definition) is 1. The summed E-state index contributed by atoms with van der Waals surface area (Å²) >= 11 is 0. The second-order valence-corrected chi connectivity index (χ2v) is 15.8. The van der Waals surface area contributed by atoms with Gasteiger partial charge in [-0.05, 0) is 51.4 Å². The van der Waals surface area contributed by atoms with E-state index in [2.05, 4.69) is 50.3 Å². The Morgan fingerprint density at radius 1 is 0.426 bits per heavy atom. The first kappa shape index (κ1) is 52.1. The van der Waals surface area contributed by atoms with Crippen LogP contribution in [-0.4, -0.2) is 36.4 Å². The van der Waals surface area contributed by atoms with Crippen LogP contribution in [0.1, 0.15) is 245 Å². The molecule has 0 amide bonds. The molecule has 0 bridgehead atoms. The molecular weight excluding hydrogens is 669 g/mol. The number of allylic oxidation sites excluding steroid dienone is 6. The molecule has 0 aromatic carbocycles. The molecule has 1 atom stereocenters. The van der Waals surface area contributed by atoms with Crippen molar-refractivity contribution >= 4 is 11.9 Å². The number of esters is 2. The summed E-state index contributed by atoms with van der Waals surface area (Å²) in [4.78, 5) is 24.2. The van der Waals surface area contributed by atoms with Crippen LogP contribution in [0.5, 0.6) is 0 Å². The summed E-state index contributed by atoms with van der Waals surface area (Å²) in [5.41, 5.74) is 0. The average molecular weight is 759 g/mol.